The highest BCUT2D eigenvalue weighted by atomic mass is 16.6. The Hall–Kier alpha value is -3.42. The number of nitrogens with zero attached hydrogens (tertiary/aromatic N) is 4. The first-order valence-corrected chi connectivity index (χ1v) is 10.0. The Labute approximate surface area is 175 Å². The van der Waals surface area contributed by atoms with Gasteiger partial charge in [0, 0.05) is 5.56 Å². The lowest BCUT2D eigenvalue weighted by molar-refractivity contribution is -0.123. The van der Waals surface area contributed by atoms with Crippen LogP contribution in [0, 0.1) is 12.8 Å². The third-order valence-electron chi connectivity index (χ3n) is 5.03. The summed E-state index contributed by atoms with van der Waals surface area (Å²) in [7, 11) is 0. The summed E-state index contributed by atoms with van der Waals surface area (Å²) in [6, 6.07) is 13.4. The van der Waals surface area contributed by atoms with E-state index in [2.05, 4.69) is 34.6 Å². The van der Waals surface area contributed by atoms with E-state index in [1.54, 1.807) is 0 Å². The number of carbonyl (C=O) groups is 1. The van der Waals surface area contributed by atoms with E-state index >= 15 is 0 Å². The molecule has 4 rings (SSSR count). The maximum Gasteiger partial charge on any atom is 0.244 e. The largest absolute Gasteiger partial charge is 0.486 e. The Bertz CT molecular complexity index is 1050. The second-order valence-electron chi connectivity index (χ2n) is 7.65. The Morgan fingerprint density at radius 2 is 1.90 bits per heavy atom. The van der Waals surface area contributed by atoms with E-state index in [1.807, 2.05) is 49.4 Å². The summed E-state index contributed by atoms with van der Waals surface area (Å²) >= 11 is 0. The van der Waals surface area contributed by atoms with Crippen LogP contribution in [0.5, 0.6) is 11.5 Å². The molecule has 2 aromatic carbocycles. The summed E-state index contributed by atoms with van der Waals surface area (Å²) in [5.74, 6) is 1.95. The summed E-state index contributed by atoms with van der Waals surface area (Å²) in [5.41, 5.74) is 2.93. The molecule has 1 aliphatic heterocycles. The average molecular weight is 407 g/mol. The number of fused-ring (bicyclic) bond motifs is 1. The lowest BCUT2D eigenvalue weighted by atomic mass is 9.95. The number of tetrazole rings is 1. The molecule has 1 aliphatic rings. The molecule has 0 spiro atoms. The zero-order valence-electron chi connectivity index (χ0n) is 17.3. The van der Waals surface area contributed by atoms with Crippen LogP contribution in [0.3, 0.4) is 0 Å². The van der Waals surface area contributed by atoms with Crippen molar-refractivity contribution in [3.8, 4) is 22.9 Å². The highest BCUT2D eigenvalue weighted by Gasteiger charge is 2.22. The van der Waals surface area contributed by atoms with Crippen molar-refractivity contribution < 1.29 is 14.3 Å². The Morgan fingerprint density at radius 3 is 2.67 bits per heavy atom. The van der Waals surface area contributed by atoms with Crippen molar-refractivity contribution in [2.24, 2.45) is 5.92 Å². The van der Waals surface area contributed by atoms with Gasteiger partial charge in [0.05, 0.1) is 6.04 Å². The van der Waals surface area contributed by atoms with Gasteiger partial charge in [0.1, 0.15) is 19.8 Å². The van der Waals surface area contributed by atoms with Crippen molar-refractivity contribution in [2.45, 2.75) is 33.4 Å². The number of benzene rings is 2. The van der Waals surface area contributed by atoms with Crippen LogP contribution in [-0.4, -0.2) is 39.3 Å². The minimum Gasteiger partial charge on any atom is -0.486 e. The first kappa shape index (κ1) is 19.9. The quantitative estimate of drug-likeness (QED) is 0.676. The standard InChI is InChI=1S/C22H25N5O3/c1-14(2)21(16-8-9-18-19(12-16)30-11-10-29-18)23-20(28)13-27-25-22(24-26-27)17-7-5-4-6-15(17)3/h4-9,12,14,21H,10-11,13H2,1-3H3,(H,23,28)/t21-/m1/s1. The Balaban J connectivity index is 1.46. The van der Waals surface area contributed by atoms with Gasteiger partial charge in [-0.25, -0.2) is 0 Å². The highest BCUT2D eigenvalue weighted by Crippen LogP contribution is 2.34. The fourth-order valence-electron chi connectivity index (χ4n) is 3.48. The van der Waals surface area contributed by atoms with Crippen LogP contribution in [-0.2, 0) is 11.3 Å². The molecule has 8 heteroatoms. The van der Waals surface area contributed by atoms with Gasteiger partial charge in [-0.1, -0.05) is 44.2 Å². The molecule has 3 aromatic rings. The number of hydrogen-bond donors (Lipinski definition) is 1. The van der Waals surface area contributed by atoms with Gasteiger partial charge >= 0.3 is 0 Å². The van der Waals surface area contributed by atoms with Gasteiger partial charge in [0.2, 0.25) is 11.7 Å². The summed E-state index contributed by atoms with van der Waals surface area (Å²) in [6.45, 7) is 7.18. The van der Waals surface area contributed by atoms with Crippen LogP contribution >= 0.6 is 0 Å². The maximum atomic E-state index is 12.7. The molecule has 30 heavy (non-hydrogen) atoms. The van der Waals surface area contributed by atoms with Crippen molar-refractivity contribution in [3.05, 3.63) is 53.6 Å². The van der Waals surface area contributed by atoms with Gasteiger partial charge in [0.15, 0.2) is 11.5 Å². The molecular formula is C22H25N5O3. The fourth-order valence-corrected chi connectivity index (χ4v) is 3.48. The number of hydrogen-bond acceptors (Lipinski definition) is 6. The zero-order valence-corrected chi connectivity index (χ0v) is 17.3. The number of amides is 1. The predicted molar refractivity (Wildman–Crippen MR) is 111 cm³/mol. The summed E-state index contributed by atoms with van der Waals surface area (Å²) < 4.78 is 11.3. The molecule has 1 atom stereocenters. The van der Waals surface area contributed by atoms with Crippen molar-refractivity contribution in [3.63, 3.8) is 0 Å². The van der Waals surface area contributed by atoms with Crippen molar-refractivity contribution in [1.82, 2.24) is 25.5 Å². The smallest absolute Gasteiger partial charge is 0.244 e. The molecule has 0 fully saturated rings. The Morgan fingerprint density at radius 1 is 1.13 bits per heavy atom. The van der Waals surface area contributed by atoms with Crippen molar-refractivity contribution >= 4 is 5.91 Å². The van der Waals surface area contributed by atoms with E-state index in [1.165, 1.54) is 4.80 Å². The van der Waals surface area contributed by atoms with Crippen molar-refractivity contribution in [2.75, 3.05) is 13.2 Å². The minimum absolute atomic E-state index is 0.00729. The molecule has 8 nitrogen and oxygen atoms in total. The number of carbonyl (C=O) groups excluding carboxylic acids is 1. The average Bonchev–Trinajstić information content (AvgIpc) is 3.20. The number of rotatable bonds is 6. The minimum atomic E-state index is -0.183. The highest BCUT2D eigenvalue weighted by molar-refractivity contribution is 5.76. The lowest BCUT2D eigenvalue weighted by Gasteiger charge is -2.25. The lowest BCUT2D eigenvalue weighted by Crippen LogP contribution is -2.34. The second-order valence-corrected chi connectivity index (χ2v) is 7.65. The zero-order chi connectivity index (χ0) is 21.1. The van der Waals surface area contributed by atoms with E-state index in [0.29, 0.717) is 24.8 Å². The van der Waals surface area contributed by atoms with E-state index in [4.69, 9.17) is 9.47 Å². The summed E-state index contributed by atoms with van der Waals surface area (Å²) in [5, 5.41) is 15.6. The third-order valence-corrected chi connectivity index (χ3v) is 5.03. The van der Waals surface area contributed by atoms with E-state index < -0.39 is 0 Å². The van der Waals surface area contributed by atoms with Crippen LogP contribution in [0.2, 0.25) is 0 Å². The van der Waals surface area contributed by atoms with E-state index in [0.717, 1.165) is 22.4 Å². The van der Waals surface area contributed by atoms with Gasteiger partial charge in [-0.2, -0.15) is 4.80 Å². The summed E-state index contributed by atoms with van der Waals surface area (Å²) in [4.78, 5) is 14.0. The predicted octanol–water partition coefficient (Wildman–Crippen LogP) is 2.93. The first-order valence-electron chi connectivity index (χ1n) is 10.0. The second kappa shape index (κ2) is 8.52. The van der Waals surface area contributed by atoms with Gasteiger partial charge in [-0.3, -0.25) is 4.79 Å². The molecule has 0 radical (unpaired) electrons. The molecule has 2 heterocycles. The first-order chi connectivity index (χ1) is 14.5. The number of aryl methyl sites for hydroxylation is 1. The molecule has 0 saturated heterocycles. The molecule has 1 amide bonds. The number of ether oxygens (including phenoxy) is 2. The topological polar surface area (TPSA) is 91.2 Å². The third kappa shape index (κ3) is 4.27. The van der Waals surface area contributed by atoms with Crippen LogP contribution in [0.15, 0.2) is 42.5 Å². The molecular weight excluding hydrogens is 382 g/mol. The van der Waals surface area contributed by atoms with Crippen molar-refractivity contribution in [1.29, 1.82) is 0 Å². The summed E-state index contributed by atoms with van der Waals surface area (Å²) in [6.07, 6.45) is 0. The van der Waals surface area contributed by atoms with Crippen LogP contribution in [0.25, 0.3) is 11.4 Å². The van der Waals surface area contributed by atoms with Crippen LogP contribution in [0.4, 0.5) is 0 Å². The SMILES string of the molecule is Cc1ccccc1-c1nnn(CC(=O)N[C@@H](c2ccc3c(c2)OCCO3)C(C)C)n1. The van der Waals surface area contributed by atoms with E-state index in [-0.39, 0.29) is 24.4 Å². The molecule has 1 aromatic heterocycles. The molecule has 1 N–H and O–H groups in total. The fraction of sp³-hybridized carbons (Fsp3) is 0.364. The Kier molecular flexibility index (Phi) is 5.65. The number of nitrogens with one attached hydrogen (secondary N) is 1. The van der Waals surface area contributed by atoms with Gasteiger partial charge in [-0.05, 0) is 41.3 Å². The van der Waals surface area contributed by atoms with Crippen LogP contribution < -0.4 is 14.8 Å². The maximum absolute atomic E-state index is 12.7. The van der Waals surface area contributed by atoms with E-state index in [9.17, 15) is 4.79 Å². The van der Waals surface area contributed by atoms with Gasteiger partial charge < -0.3 is 14.8 Å². The molecule has 0 unspecified atom stereocenters. The monoisotopic (exact) mass is 407 g/mol. The molecule has 0 saturated carbocycles. The molecule has 0 bridgehead atoms. The van der Waals surface area contributed by atoms with Gasteiger partial charge in [0.25, 0.3) is 0 Å². The normalized spacial score (nSPS) is 13.9. The van der Waals surface area contributed by atoms with Crippen LogP contribution in [0.1, 0.15) is 31.0 Å². The van der Waals surface area contributed by atoms with Gasteiger partial charge in [-0.15, -0.1) is 10.2 Å². The number of aromatic nitrogens is 4. The molecule has 0 aliphatic carbocycles. The molecule has 156 valence electrons.